The van der Waals surface area contributed by atoms with Crippen molar-refractivity contribution >= 4 is 28.6 Å². The minimum Gasteiger partial charge on any atom is -0.430 e. The van der Waals surface area contributed by atoms with E-state index in [9.17, 15) is 35.9 Å². The number of furan rings is 1. The van der Waals surface area contributed by atoms with E-state index in [1.807, 2.05) is 0 Å². The second-order valence-electron chi connectivity index (χ2n) is 7.71. The molecule has 1 N–H and O–H groups in total. The van der Waals surface area contributed by atoms with Gasteiger partial charge in [0, 0.05) is 18.7 Å². The normalized spacial score (nSPS) is 14.9. The summed E-state index contributed by atoms with van der Waals surface area (Å²) < 4.78 is 86.4. The van der Waals surface area contributed by atoms with Gasteiger partial charge in [0.15, 0.2) is 0 Å². The number of alkyl halides is 6. The number of rotatable bonds is 3. The Hall–Kier alpha value is -3.57. The molecule has 3 aromatic rings. The lowest BCUT2D eigenvalue weighted by molar-refractivity contribution is -0.167. The van der Waals surface area contributed by atoms with Crippen LogP contribution in [0.1, 0.15) is 35.4 Å². The van der Waals surface area contributed by atoms with Crippen LogP contribution in [0.25, 0.3) is 22.4 Å². The lowest BCUT2D eigenvalue weighted by Gasteiger charge is -2.26. The number of hydrogen-bond acceptors (Lipinski definition) is 4. The molecule has 1 aliphatic rings. The Bertz CT molecular complexity index is 1230. The van der Waals surface area contributed by atoms with E-state index >= 15 is 0 Å². The molecule has 3 heterocycles. The number of hydrogen-bond donors (Lipinski definition) is 1. The number of carbonyl (C=O) groups is 2. The van der Waals surface area contributed by atoms with E-state index in [0.717, 1.165) is 6.42 Å². The van der Waals surface area contributed by atoms with E-state index in [-0.39, 0.29) is 24.3 Å². The molecule has 2 amide bonds. The van der Waals surface area contributed by atoms with Crippen molar-refractivity contribution < 1.29 is 40.3 Å². The van der Waals surface area contributed by atoms with Crippen molar-refractivity contribution in [1.82, 2.24) is 9.88 Å². The van der Waals surface area contributed by atoms with Gasteiger partial charge in [-0.3, -0.25) is 9.59 Å². The van der Waals surface area contributed by atoms with Gasteiger partial charge < -0.3 is 14.6 Å². The number of fused-ring (bicyclic) bond motifs is 1. The summed E-state index contributed by atoms with van der Waals surface area (Å²) in [6.07, 6.45) is -8.43. The number of carbonyl (C=O) groups excluding carboxylic acids is 2. The largest absolute Gasteiger partial charge is 0.471 e. The molecule has 2 aromatic heterocycles. The predicted molar refractivity (Wildman–Crippen MR) is 109 cm³/mol. The van der Waals surface area contributed by atoms with Crippen LogP contribution in [0.4, 0.5) is 32.0 Å². The molecule has 1 aliphatic heterocycles. The van der Waals surface area contributed by atoms with Crippen molar-refractivity contribution in [3.63, 3.8) is 0 Å². The van der Waals surface area contributed by atoms with Gasteiger partial charge in [-0.15, -0.1) is 0 Å². The summed E-state index contributed by atoms with van der Waals surface area (Å²) in [5, 5.41) is 0.494. The Morgan fingerprint density at radius 3 is 2.21 bits per heavy atom. The molecule has 0 unspecified atom stereocenters. The van der Waals surface area contributed by atoms with Crippen LogP contribution in [-0.4, -0.2) is 41.0 Å². The van der Waals surface area contributed by atoms with Crippen LogP contribution in [0, 0.1) is 0 Å². The first kappa shape index (κ1) is 23.6. The average Bonchev–Trinajstić information content (AvgIpc) is 3.16. The highest BCUT2D eigenvalue weighted by atomic mass is 19.4. The number of nitrogens with zero attached hydrogens (tertiary/aromatic N) is 2. The third kappa shape index (κ3) is 4.57. The second-order valence-corrected chi connectivity index (χ2v) is 7.71. The molecule has 1 saturated heterocycles. The van der Waals surface area contributed by atoms with Gasteiger partial charge in [-0.25, -0.2) is 4.98 Å². The van der Waals surface area contributed by atoms with E-state index in [1.165, 1.54) is 22.3 Å². The molecule has 4 rings (SSSR count). The Labute approximate surface area is 188 Å². The van der Waals surface area contributed by atoms with Crippen LogP contribution in [-0.2, 0) is 11.0 Å². The molecular formula is C22H17F6N3O3. The summed E-state index contributed by atoms with van der Waals surface area (Å²) in [7, 11) is 0. The van der Waals surface area contributed by atoms with E-state index in [1.54, 1.807) is 18.2 Å². The monoisotopic (exact) mass is 485 g/mol. The van der Waals surface area contributed by atoms with Gasteiger partial charge in [0.2, 0.25) is 11.5 Å². The number of anilines is 1. The van der Waals surface area contributed by atoms with Gasteiger partial charge in [0.25, 0.3) is 5.91 Å². The van der Waals surface area contributed by atoms with Crippen molar-refractivity contribution in [2.45, 2.75) is 31.6 Å². The van der Waals surface area contributed by atoms with Crippen LogP contribution in [0.3, 0.4) is 0 Å². The Kier molecular flexibility index (Phi) is 6.00. The number of benzene rings is 1. The second kappa shape index (κ2) is 8.65. The van der Waals surface area contributed by atoms with Crippen molar-refractivity contribution in [3.05, 3.63) is 47.7 Å². The van der Waals surface area contributed by atoms with E-state index in [4.69, 9.17) is 4.42 Å². The summed E-state index contributed by atoms with van der Waals surface area (Å²) in [4.78, 5) is 30.0. The van der Waals surface area contributed by atoms with E-state index in [2.05, 4.69) is 4.98 Å². The Balaban J connectivity index is 1.97. The fourth-order valence-electron chi connectivity index (χ4n) is 3.77. The fourth-order valence-corrected chi connectivity index (χ4v) is 3.77. The third-order valence-electron chi connectivity index (χ3n) is 5.37. The van der Waals surface area contributed by atoms with Crippen LogP contribution in [0.15, 0.2) is 40.8 Å². The number of piperidine rings is 1. The first-order valence-corrected chi connectivity index (χ1v) is 10.2. The first-order chi connectivity index (χ1) is 16.0. The zero-order valence-electron chi connectivity index (χ0n) is 17.4. The maximum Gasteiger partial charge on any atom is 0.471 e. The quantitative estimate of drug-likeness (QED) is 0.488. The van der Waals surface area contributed by atoms with E-state index < -0.39 is 52.3 Å². The average molecular weight is 485 g/mol. The number of amides is 2. The van der Waals surface area contributed by atoms with Gasteiger partial charge >= 0.3 is 18.3 Å². The van der Waals surface area contributed by atoms with E-state index in [0.29, 0.717) is 18.9 Å². The minimum absolute atomic E-state index is 0.167. The molecule has 1 aromatic carbocycles. The van der Waals surface area contributed by atoms with Crippen LogP contribution in [0.2, 0.25) is 0 Å². The summed E-state index contributed by atoms with van der Waals surface area (Å²) in [6, 6.07) is 8.39. The molecular weight excluding hydrogens is 468 g/mol. The third-order valence-corrected chi connectivity index (χ3v) is 5.37. The molecule has 0 aliphatic carbocycles. The maximum atomic E-state index is 14.0. The maximum absolute atomic E-state index is 14.0. The lowest BCUT2D eigenvalue weighted by atomic mass is 10.0. The highest BCUT2D eigenvalue weighted by molar-refractivity contribution is 6.12. The fraction of sp³-hybridized carbons (Fsp3) is 0.318. The van der Waals surface area contributed by atoms with Crippen molar-refractivity contribution in [2.24, 2.45) is 0 Å². The van der Waals surface area contributed by atoms with Gasteiger partial charge in [-0.1, -0.05) is 30.3 Å². The van der Waals surface area contributed by atoms with Gasteiger partial charge in [-0.05, 0) is 25.3 Å². The van der Waals surface area contributed by atoms with Crippen LogP contribution < -0.4 is 5.32 Å². The predicted octanol–water partition coefficient (Wildman–Crippen LogP) is 5.64. The molecule has 0 radical (unpaired) electrons. The zero-order chi connectivity index (χ0) is 24.7. The van der Waals surface area contributed by atoms with Crippen molar-refractivity contribution in [1.29, 1.82) is 0 Å². The number of pyridine rings is 1. The molecule has 0 atom stereocenters. The summed E-state index contributed by atoms with van der Waals surface area (Å²) in [5.74, 6) is -4.30. The number of nitrogens with one attached hydrogen (secondary N) is 1. The number of aromatic nitrogens is 1. The Morgan fingerprint density at radius 1 is 0.971 bits per heavy atom. The highest BCUT2D eigenvalue weighted by Gasteiger charge is 2.43. The minimum atomic E-state index is -5.41. The lowest BCUT2D eigenvalue weighted by Crippen LogP contribution is -2.36. The van der Waals surface area contributed by atoms with Crippen LogP contribution in [0.5, 0.6) is 0 Å². The van der Waals surface area contributed by atoms with Crippen LogP contribution >= 0.6 is 0 Å². The summed E-state index contributed by atoms with van der Waals surface area (Å²) in [5.41, 5.74) is -3.00. The molecule has 1 fully saturated rings. The summed E-state index contributed by atoms with van der Waals surface area (Å²) >= 11 is 0. The SMILES string of the molecule is O=C(c1oc2nc(-c3ccccc3)cc(C(F)(F)F)c2c1NC(=O)C(F)(F)F)N1CCCCC1. The molecule has 0 saturated carbocycles. The number of likely N-dealkylation sites (tertiary alicyclic amines) is 1. The standard InChI is InChI=1S/C22H17F6N3O3/c23-21(24,25)13-11-14(12-7-3-1-4-8-12)29-18-15(13)16(30-20(33)22(26,27)28)17(34-18)19(32)31-9-5-2-6-10-31/h1,3-4,7-8,11H,2,5-6,9-10H2,(H,30,33). The molecule has 12 heteroatoms. The van der Waals surface area contributed by atoms with Gasteiger partial charge in [0.1, 0.15) is 5.69 Å². The molecule has 0 spiro atoms. The molecule has 6 nitrogen and oxygen atoms in total. The highest BCUT2D eigenvalue weighted by Crippen LogP contribution is 2.43. The summed E-state index contributed by atoms with van der Waals surface area (Å²) in [6.45, 7) is 0.495. The van der Waals surface area contributed by atoms with Crippen molar-refractivity contribution in [2.75, 3.05) is 18.4 Å². The van der Waals surface area contributed by atoms with Crippen molar-refractivity contribution in [3.8, 4) is 11.3 Å². The smallest absolute Gasteiger partial charge is 0.430 e. The van der Waals surface area contributed by atoms with Gasteiger partial charge in [0.05, 0.1) is 16.6 Å². The Morgan fingerprint density at radius 2 is 1.62 bits per heavy atom. The molecule has 0 bridgehead atoms. The topological polar surface area (TPSA) is 75.4 Å². The first-order valence-electron chi connectivity index (χ1n) is 10.2. The molecule has 180 valence electrons. The number of halogens is 6. The molecule has 34 heavy (non-hydrogen) atoms. The zero-order valence-corrected chi connectivity index (χ0v) is 17.4. The van der Waals surface area contributed by atoms with Gasteiger partial charge in [-0.2, -0.15) is 26.3 Å².